The highest BCUT2D eigenvalue weighted by Crippen LogP contribution is 2.36. The van der Waals surface area contributed by atoms with Gasteiger partial charge in [0, 0.05) is 13.1 Å². The molecule has 12 heteroatoms. The molecular formula is C19H26N6O4S2. The molecule has 1 N–H and O–H groups in total. The van der Waals surface area contributed by atoms with Crippen LogP contribution >= 0.6 is 11.8 Å². The maximum Gasteiger partial charge on any atom is 0.243 e. The summed E-state index contributed by atoms with van der Waals surface area (Å²) in [5, 5.41) is 15.0. The standard InChI is InChI=1S/C19H26N6O4S2/c1-2-29-17-9-8-15(31(27,28)24-10-4-3-5-11-24)12-16(17)20-18(26)13-30-19-21-22-23-25(19)14-6-7-14/h8-9,12,14H,2-7,10-11,13H2,1H3,(H,20,26). The first kappa shape index (κ1) is 22.0. The lowest BCUT2D eigenvalue weighted by molar-refractivity contribution is -0.113. The van der Waals surface area contributed by atoms with E-state index >= 15 is 0 Å². The van der Waals surface area contributed by atoms with Crippen LogP contribution in [0, 0.1) is 0 Å². The van der Waals surface area contributed by atoms with Gasteiger partial charge in [-0.05, 0) is 61.2 Å². The Balaban J connectivity index is 1.48. The van der Waals surface area contributed by atoms with Crippen LogP contribution in [0.4, 0.5) is 5.69 Å². The lowest BCUT2D eigenvalue weighted by Crippen LogP contribution is -2.35. The van der Waals surface area contributed by atoms with E-state index in [1.165, 1.54) is 28.2 Å². The van der Waals surface area contributed by atoms with Crippen LogP contribution in [0.2, 0.25) is 0 Å². The number of ether oxygens (including phenoxy) is 1. The molecule has 31 heavy (non-hydrogen) atoms. The average Bonchev–Trinajstić information content (AvgIpc) is 3.51. The minimum atomic E-state index is -3.62. The summed E-state index contributed by atoms with van der Waals surface area (Å²) in [6.45, 7) is 3.26. The summed E-state index contributed by atoms with van der Waals surface area (Å²) in [6, 6.07) is 4.92. The van der Waals surface area contributed by atoms with Crippen LogP contribution in [-0.4, -0.2) is 64.3 Å². The van der Waals surface area contributed by atoms with E-state index in [0.29, 0.717) is 42.3 Å². The maximum absolute atomic E-state index is 13.0. The van der Waals surface area contributed by atoms with E-state index in [1.54, 1.807) is 10.7 Å². The lowest BCUT2D eigenvalue weighted by atomic mass is 10.2. The highest BCUT2D eigenvalue weighted by atomic mass is 32.2. The van der Waals surface area contributed by atoms with Crippen LogP contribution in [0.1, 0.15) is 45.1 Å². The molecule has 2 heterocycles. The first-order valence-corrected chi connectivity index (χ1v) is 12.9. The van der Waals surface area contributed by atoms with Crippen molar-refractivity contribution in [1.82, 2.24) is 24.5 Å². The van der Waals surface area contributed by atoms with E-state index in [4.69, 9.17) is 4.74 Å². The smallest absolute Gasteiger partial charge is 0.243 e. The highest BCUT2D eigenvalue weighted by molar-refractivity contribution is 7.99. The molecule has 0 unspecified atom stereocenters. The molecule has 0 bridgehead atoms. The molecule has 1 saturated carbocycles. The second kappa shape index (κ2) is 9.53. The number of anilines is 1. The second-order valence-corrected chi connectivity index (χ2v) is 10.4. The number of amides is 1. The topological polar surface area (TPSA) is 119 Å². The van der Waals surface area contributed by atoms with Gasteiger partial charge in [-0.25, -0.2) is 13.1 Å². The van der Waals surface area contributed by atoms with Gasteiger partial charge in [-0.1, -0.05) is 18.2 Å². The molecule has 1 saturated heterocycles. The van der Waals surface area contributed by atoms with Gasteiger partial charge in [0.1, 0.15) is 5.75 Å². The van der Waals surface area contributed by atoms with Crippen molar-refractivity contribution in [2.45, 2.75) is 55.1 Å². The predicted molar refractivity (Wildman–Crippen MR) is 116 cm³/mol. The zero-order valence-electron chi connectivity index (χ0n) is 17.4. The summed E-state index contributed by atoms with van der Waals surface area (Å²) in [5.74, 6) is 0.243. The van der Waals surface area contributed by atoms with Crippen molar-refractivity contribution in [3.63, 3.8) is 0 Å². The first-order chi connectivity index (χ1) is 15.0. The minimum Gasteiger partial charge on any atom is -0.492 e. The Kier molecular flexibility index (Phi) is 6.77. The molecule has 4 rings (SSSR count). The van der Waals surface area contributed by atoms with E-state index in [9.17, 15) is 13.2 Å². The Morgan fingerprint density at radius 2 is 2.03 bits per heavy atom. The minimum absolute atomic E-state index is 0.0990. The molecule has 0 radical (unpaired) electrons. The number of rotatable bonds is 9. The van der Waals surface area contributed by atoms with Crippen LogP contribution in [0.25, 0.3) is 0 Å². The van der Waals surface area contributed by atoms with Crippen molar-refractivity contribution < 1.29 is 17.9 Å². The van der Waals surface area contributed by atoms with E-state index < -0.39 is 10.0 Å². The molecule has 2 aliphatic rings. The van der Waals surface area contributed by atoms with Gasteiger partial charge >= 0.3 is 0 Å². The molecule has 1 aliphatic carbocycles. The second-order valence-electron chi connectivity index (χ2n) is 7.53. The van der Waals surface area contributed by atoms with E-state index in [-0.39, 0.29) is 16.6 Å². The molecule has 1 aliphatic heterocycles. The summed E-state index contributed by atoms with van der Waals surface area (Å²) in [4.78, 5) is 12.7. The third kappa shape index (κ3) is 5.18. The van der Waals surface area contributed by atoms with Gasteiger partial charge in [-0.15, -0.1) is 5.10 Å². The van der Waals surface area contributed by atoms with Gasteiger partial charge in [-0.2, -0.15) is 4.31 Å². The molecule has 0 atom stereocenters. The fraction of sp³-hybridized carbons (Fsp3) is 0.579. The van der Waals surface area contributed by atoms with E-state index in [2.05, 4.69) is 20.8 Å². The fourth-order valence-corrected chi connectivity index (χ4v) is 5.74. The Labute approximate surface area is 185 Å². The van der Waals surface area contributed by atoms with Crippen LogP contribution < -0.4 is 10.1 Å². The zero-order chi connectivity index (χ0) is 21.8. The SMILES string of the molecule is CCOc1ccc(S(=O)(=O)N2CCCCC2)cc1NC(=O)CSc1nnnn1C1CC1. The van der Waals surface area contributed by atoms with Gasteiger partial charge in [0.05, 0.1) is 29.0 Å². The summed E-state index contributed by atoms with van der Waals surface area (Å²) in [7, 11) is -3.62. The molecule has 1 aromatic carbocycles. The van der Waals surface area contributed by atoms with Gasteiger partial charge in [0.15, 0.2) is 0 Å². The first-order valence-electron chi connectivity index (χ1n) is 10.5. The van der Waals surface area contributed by atoms with E-state index in [1.807, 2.05) is 6.92 Å². The average molecular weight is 467 g/mol. The number of nitrogens with one attached hydrogen (secondary N) is 1. The Morgan fingerprint density at radius 3 is 2.74 bits per heavy atom. The zero-order valence-corrected chi connectivity index (χ0v) is 19.0. The molecule has 1 aromatic heterocycles. The monoisotopic (exact) mass is 466 g/mol. The Hall–Kier alpha value is -2.18. The van der Waals surface area contributed by atoms with Crippen molar-refractivity contribution in [2.75, 3.05) is 30.8 Å². The number of sulfonamides is 1. The number of hydrogen-bond acceptors (Lipinski definition) is 8. The van der Waals surface area contributed by atoms with Crippen molar-refractivity contribution in [2.24, 2.45) is 0 Å². The number of carbonyl (C=O) groups excluding carboxylic acids is 1. The predicted octanol–water partition coefficient (Wildman–Crippen LogP) is 2.31. The van der Waals surface area contributed by atoms with Crippen LogP contribution in [0.3, 0.4) is 0 Å². The normalized spacial score (nSPS) is 17.5. The third-order valence-electron chi connectivity index (χ3n) is 5.17. The van der Waals surface area contributed by atoms with E-state index in [0.717, 1.165) is 32.1 Å². The summed E-state index contributed by atoms with van der Waals surface area (Å²) >= 11 is 1.25. The molecule has 10 nitrogen and oxygen atoms in total. The van der Waals surface area contributed by atoms with Crippen molar-refractivity contribution >= 4 is 33.4 Å². The molecule has 2 aromatic rings. The lowest BCUT2D eigenvalue weighted by Gasteiger charge is -2.26. The number of hydrogen-bond donors (Lipinski definition) is 1. The van der Waals surface area contributed by atoms with Crippen molar-refractivity contribution in [1.29, 1.82) is 0 Å². The number of tetrazole rings is 1. The molecule has 1 amide bonds. The number of thioether (sulfide) groups is 1. The molecule has 2 fully saturated rings. The Bertz CT molecular complexity index is 1030. The van der Waals surface area contributed by atoms with Gasteiger partial charge in [0.25, 0.3) is 0 Å². The van der Waals surface area contributed by atoms with Gasteiger partial charge < -0.3 is 10.1 Å². The molecule has 168 valence electrons. The summed E-state index contributed by atoms with van der Waals surface area (Å²) < 4.78 is 34.9. The maximum atomic E-state index is 13.0. The largest absolute Gasteiger partial charge is 0.492 e. The van der Waals surface area contributed by atoms with Gasteiger partial charge in [-0.3, -0.25) is 4.79 Å². The molecular weight excluding hydrogens is 440 g/mol. The van der Waals surface area contributed by atoms with Crippen LogP contribution in [0.5, 0.6) is 5.75 Å². The van der Waals surface area contributed by atoms with Crippen molar-refractivity contribution in [3.8, 4) is 5.75 Å². The number of benzene rings is 1. The number of nitrogens with zero attached hydrogens (tertiary/aromatic N) is 5. The number of aromatic nitrogens is 4. The third-order valence-corrected chi connectivity index (χ3v) is 7.99. The Morgan fingerprint density at radius 1 is 1.26 bits per heavy atom. The summed E-state index contributed by atoms with van der Waals surface area (Å²) in [5.41, 5.74) is 0.340. The number of carbonyl (C=O) groups is 1. The summed E-state index contributed by atoms with van der Waals surface area (Å²) in [6.07, 6.45) is 4.84. The van der Waals surface area contributed by atoms with Crippen LogP contribution in [0.15, 0.2) is 28.3 Å². The highest BCUT2D eigenvalue weighted by Gasteiger charge is 2.29. The van der Waals surface area contributed by atoms with Gasteiger partial charge in [0.2, 0.25) is 21.1 Å². The van der Waals surface area contributed by atoms with Crippen LogP contribution in [-0.2, 0) is 14.8 Å². The fourth-order valence-electron chi connectivity index (χ4n) is 3.45. The molecule has 0 spiro atoms. The van der Waals surface area contributed by atoms with Crippen molar-refractivity contribution in [3.05, 3.63) is 18.2 Å². The number of piperidine rings is 1. The quantitative estimate of drug-likeness (QED) is 0.559.